The topological polar surface area (TPSA) is 90.9 Å². The number of benzene rings is 1. The summed E-state index contributed by atoms with van der Waals surface area (Å²) in [5, 5.41) is 8.98. The number of nitrogens with zero attached hydrogens (tertiary/aromatic N) is 1. The van der Waals surface area contributed by atoms with Crippen LogP contribution in [-0.4, -0.2) is 59.8 Å². The van der Waals surface area contributed by atoms with Gasteiger partial charge in [-0.3, -0.25) is 15.6 Å². The molecule has 2 aliphatic heterocycles. The number of morpholine rings is 1. The molecule has 2 fully saturated rings. The standard InChI is InChI=1S/C17H23N3O4/c1-10-15(11(2)19-18-10)14-9-24-8-7-20(14)16(21)12-3-5-13(6-4-12)17(22)23/h3-6,10-11,14-15,18-19H,7-9H2,1-2H3,(H,22,23). The van der Waals surface area contributed by atoms with E-state index in [4.69, 9.17) is 9.84 Å². The Balaban J connectivity index is 1.82. The van der Waals surface area contributed by atoms with Crippen molar-refractivity contribution in [3.63, 3.8) is 0 Å². The largest absolute Gasteiger partial charge is 0.478 e. The van der Waals surface area contributed by atoms with Crippen molar-refractivity contribution in [1.29, 1.82) is 0 Å². The van der Waals surface area contributed by atoms with Gasteiger partial charge in [-0.2, -0.15) is 0 Å². The SMILES string of the molecule is CC1NNC(C)C1C1COCCN1C(=O)c1ccc(C(=O)O)cc1. The van der Waals surface area contributed by atoms with Crippen LogP contribution in [0.25, 0.3) is 0 Å². The van der Waals surface area contributed by atoms with Crippen LogP contribution in [0.5, 0.6) is 0 Å². The van der Waals surface area contributed by atoms with Crippen molar-refractivity contribution in [2.75, 3.05) is 19.8 Å². The molecule has 3 atom stereocenters. The maximum Gasteiger partial charge on any atom is 0.335 e. The Kier molecular flexibility index (Phi) is 4.84. The van der Waals surface area contributed by atoms with Crippen LogP contribution < -0.4 is 10.9 Å². The van der Waals surface area contributed by atoms with E-state index in [9.17, 15) is 9.59 Å². The molecule has 7 heteroatoms. The smallest absolute Gasteiger partial charge is 0.335 e. The number of carboxylic acid groups (broad SMARTS) is 1. The monoisotopic (exact) mass is 333 g/mol. The zero-order valence-corrected chi connectivity index (χ0v) is 13.9. The van der Waals surface area contributed by atoms with Crippen LogP contribution >= 0.6 is 0 Å². The van der Waals surface area contributed by atoms with E-state index in [0.29, 0.717) is 25.3 Å². The van der Waals surface area contributed by atoms with Gasteiger partial charge in [0.15, 0.2) is 0 Å². The van der Waals surface area contributed by atoms with Crippen molar-refractivity contribution in [2.24, 2.45) is 5.92 Å². The van der Waals surface area contributed by atoms with Crippen LogP contribution in [0, 0.1) is 5.92 Å². The lowest BCUT2D eigenvalue weighted by atomic mass is 9.87. The molecule has 2 aliphatic rings. The molecule has 1 aromatic rings. The van der Waals surface area contributed by atoms with Gasteiger partial charge in [0.1, 0.15) is 0 Å². The van der Waals surface area contributed by atoms with Gasteiger partial charge in [0.25, 0.3) is 5.91 Å². The maximum absolute atomic E-state index is 12.9. The molecule has 2 heterocycles. The number of carboxylic acids is 1. The van der Waals surface area contributed by atoms with E-state index in [-0.39, 0.29) is 35.5 Å². The molecule has 3 rings (SSSR count). The van der Waals surface area contributed by atoms with Crippen molar-refractivity contribution in [3.8, 4) is 0 Å². The highest BCUT2D eigenvalue weighted by molar-refractivity contribution is 5.96. The van der Waals surface area contributed by atoms with Gasteiger partial charge in [-0.05, 0) is 38.1 Å². The molecular formula is C17H23N3O4. The van der Waals surface area contributed by atoms with E-state index in [2.05, 4.69) is 24.7 Å². The Morgan fingerprint density at radius 3 is 2.29 bits per heavy atom. The van der Waals surface area contributed by atoms with Gasteiger partial charge in [-0.15, -0.1) is 0 Å². The van der Waals surface area contributed by atoms with Gasteiger partial charge < -0.3 is 14.7 Å². The summed E-state index contributed by atoms with van der Waals surface area (Å²) in [5.41, 5.74) is 7.14. The number of ether oxygens (including phenoxy) is 1. The molecule has 0 aromatic heterocycles. The van der Waals surface area contributed by atoms with Crippen LogP contribution in [0.2, 0.25) is 0 Å². The molecule has 0 spiro atoms. The van der Waals surface area contributed by atoms with Crippen LogP contribution in [-0.2, 0) is 4.74 Å². The number of aromatic carboxylic acids is 1. The Bertz CT molecular complexity index is 609. The van der Waals surface area contributed by atoms with Crippen molar-refractivity contribution >= 4 is 11.9 Å². The summed E-state index contributed by atoms with van der Waals surface area (Å²) in [6.07, 6.45) is 0. The van der Waals surface area contributed by atoms with E-state index in [0.717, 1.165) is 0 Å². The number of nitrogens with one attached hydrogen (secondary N) is 2. The van der Waals surface area contributed by atoms with Gasteiger partial charge in [-0.1, -0.05) is 0 Å². The Hall–Kier alpha value is -1.96. The number of hydrogen-bond acceptors (Lipinski definition) is 5. The second kappa shape index (κ2) is 6.88. The molecule has 2 saturated heterocycles. The lowest BCUT2D eigenvalue weighted by molar-refractivity contribution is -0.0232. The number of carbonyl (C=O) groups is 2. The maximum atomic E-state index is 12.9. The molecule has 0 bridgehead atoms. The minimum atomic E-state index is -0.996. The van der Waals surface area contributed by atoms with Crippen LogP contribution in [0.1, 0.15) is 34.6 Å². The van der Waals surface area contributed by atoms with Crippen molar-refractivity contribution in [2.45, 2.75) is 32.0 Å². The summed E-state index contributed by atoms with van der Waals surface area (Å²) in [7, 11) is 0. The third-order valence-corrected chi connectivity index (χ3v) is 4.94. The zero-order chi connectivity index (χ0) is 17.3. The van der Waals surface area contributed by atoms with Crippen LogP contribution in [0.3, 0.4) is 0 Å². The lowest BCUT2D eigenvalue weighted by Crippen LogP contribution is -2.55. The lowest BCUT2D eigenvalue weighted by Gasteiger charge is -2.41. The number of rotatable bonds is 3. The van der Waals surface area contributed by atoms with Gasteiger partial charge in [0.2, 0.25) is 0 Å². The first-order valence-electron chi connectivity index (χ1n) is 8.22. The first-order chi connectivity index (χ1) is 11.5. The molecule has 1 amide bonds. The van der Waals surface area contributed by atoms with E-state index in [1.54, 1.807) is 12.1 Å². The summed E-state index contributed by atoms with van der Waals surface area (Å²) >= 11 is 0. The van der Waals surface area contributed by atoms with Crippen molar-refractivity contribution in [3.05, 3.63) is 35.4 Å². The fourth-order valence-electron chi connectivity index (χ4n) is 3.67. The summed E-state index contributed by atoms with van der Waals surface area (Å²) in [5.74, 6) is -0.830. The summed E-state index contributed by atoms with van der Waals surface area (Å²) in [6, 6.07) is 6.54. The minimum absolute atomic E-state index is 0.0158. The number of hydrazine groups is 1. The molecule has 3 unspecified atom stereocenters. The molecule has 0 saturated carbocycles. The molecule has 0 radical (unpaired) electrons. The Labute approximate surface area is 140 Å². The normalized spacial score (nSPS) is 30.3. The zero-order valence-electron chi connectivity index (χ0n) is 13.9. The van der Waals surface area contributed by atoms with Crippen molar-refractivity contribution in [1.82, 2.24) is 15.8 Å². The summed E-state index contributed by atoms with van der Waals surface area (Å²) in [6.45, 7) is 5.77. The third kappa shape index (κ3) is 3.15. The molecule has 3 N–H and O–H groups in total. The average molecular weight is 333 g/mol. The summed E-state index contributed by atoms with van der Waals surface area (Å²) in [4.78, 5) is 25.8. The Morgan fingerprint density at radius 1 is 1.12 bits per heavy atom. The fourth-order valence-corrected chi connectivity index (χ4v) is 3.67. The highest BCUT2D eigenvalue weighted by Crippen LogP contribution is 2.26. The quantitative estimate of drug-likeness (QED) is 0.755. The van der Waals surface area contributed by atoms with E-state index in [1.807, 2.05) is 4.90 Å². The predicted molar refractivity (Wildman–Crippen MR) is 87.7 cm³/mol. The number of carbonyl (C=O) groups excluding carboxylic acids is 1. The molecule has 7 nitrogen and oxygen atoms in total. The molecular weight excluding hydrogens is 310 g/mol. The third-order valence-electron chi connectivity index (χ3n) is 4.94. The van der Waals surface area contributed by atoms with Crippen LogP contribution in [0.15, 0.2) is 24.3 Å². The van der Waals surface area contributed by atoms with E-state index < -0.39 is 5.97 Å². The van der Waals surface area contributed by atoms with Crippen molar-refractivity contribution < 1.29 is 19.4 Å². The number of hydrogen-bond donors (Lipinski definition) is 3. The predicted octanol–water partition coefficient (Wildman–Crippen LogP) is 0.727. The Morgan fingerprint density at radius 2 is 1.71 bits per heavy atom. The second-order valence-corrected chi connectivity index (χ2v) is 6.47. The minimum Gasteiger partial charge on any atom is -0.478 e. The molecule has 1 aromatic carbocycles. The highest BCUT2D eigenvalue weighted by Gasteiger charge is 2.42. The number of amides is 1. The van der Waals surface area contributed by atoms with Crippen LogP contribution in [0.4, 0.5) is 0 Å². The fraction of sp³-hybridized carbons (Fsp3) is 0.529. The van der Waals surface area contributed by atoms with Gasteiger partial charge in [0.05, 0.1) is 24.8 Å². The molecule has 0 aliphatic carbocycles. The van der Waals surface area contributed by atoms with E-state index >= 15 is 0 Å². The van der Waals surface area contributed by atoms with Gasteiger partial charge in [0, 0.05) is 30.1 Å². The van der Waals surface area contributed by atoms with E-state index in [1.165, 1.54) is 12.1 Å². The second-order valence-electron chi connectivity index (χ2n) is 6.47. The molecule has 130 valence electrons. The first kappa shape index (κ1) is 16.9. The van der Waals surface area contributed by atoms with Gasteiger partial charge >= 0.3 is 5.97 Å². The van der Waals surface area contributed by atoms with Gasteiger partial charge in [-0.25, -0.2) is 4.79 Å². The summed E-state index contributed by atoms with van der Waals surface area (Å²) < 4.78 is 5.63. The first-order valence-corrected chi connectivity index (χ1v) is 8.22. The highest BCUT2D eigenvalue weighted by atomic mass is 16.5. The average Bonchev–Trinajstić information content (AvgIpc) is 2.93. The molecule has 24 heavy (non-hydrogen) atoms.